The average Bonchev–Trinajstić information content (AvgIpc) is 2.05. The predicted octanol–water partition coefficient (Wildman–Crippen LogP) is 0.0223. The standard InChI is InChI=1S/C6H7NO3S.Na.H/c1-10-5-3-2-4-6(7-5)11(8)9;;/h2-4H,1H3,(H,8,9);;. The van der Waals surface area contributed by atoms with Crippen LogP contribution in [0.4, 0.5) is 0 Å². The van der Waals surface area contributed by atoms with Crippen LogP contribution in [0.5, 0.6) is 5.88 Å². The number of pyridine rings is 1. The minimum atomic E-state index is -2.03. The van der Waals surface area contributed by atoms with Gasteiger partial charge in [0.05, 0.1) is 7.11 Å². The number of methoxy groups -OCH3 is 1. The first kappa shape index (κ1) is 12.1. The SMILES string of the molecule is COc1cccc(S(=O)O)n1.[NaH]. The molecule has 4 nitrogen and oxygen atoms in total. The van der Waals surface area contributed by atoms with Gasteiger partial charge in [0.2, 0.25) is 17.0 Å². The van der Waals surface area contributed by atoms with Crippen LogP contribution in [0.15, 0.2) is 23.2 Å². The van der Waals surface area contributed by atoms with E-state index in [1.165, 1.54) is 13.2 Å². The predicted molar refractivity (Wildman–Crippen MR) is 47.0 cm³/mol. The van der Waals surface area contributed by atoms with Gasteiger partial charge in [-0.1, -0.05) is 6.07 Å². The van der Waals surface area contributed by atoms with Crippen LogP contribution in [0, 0.1) is 0 Å². The second-order valence-electron chi connectivity index (χ2n) is 1.77. The van der Waals surface area contributed by atoms with E-state index >= 15 is 0 Å². The molecule has 0 bridgehead atoms. The van der Waals surface area contributed by atoms with Gasteiger partial charge in [0.1, 0.15) is 0 Å². The Morgan fingerprint density at radius 2 is 2.25 bits per heavy atom. The van der Waals surface area contributed by atoms with E-state index in [-0.39, 0.29) is 34.6 Å². The van der Waals surface area contributed by atoms with Crippen LogP contribution in [-0.2, 0) is 11.1 Å². The molecule has 1 aromatic heterocycles. The third-order valence-corrected chi connectivity index (χ3v) is 1.67. The third-order valence-electron chi connectivity index (χ3n) is 1.09. The summed E-state index contributed by atoms with van der Waals surface area (Å²) in [5, 5.41) is 0.101. The topological polar surface area (TPSA) is 59.4 Å². The summed E-state index contributed by atoms with van der Waals surface area (Å²) in [5.41, 5.74) is 0. The van der Waals surface area contributed by atoms with E-state index in [0.717, 1.165) is 0 Å². The van der Waals surface area contributed by atoms with Crippen molar-refractivity contribution in [2.45, 2.75) is 5.03 Å². The summed E-state index contributed by atoms with van der Waals surface area (Å²) in [6, 6.07) is 4.67. The summed E-state index contributed by atoms with van der Waals surface area (Å²) in [4.78, 5) is 3.72. The van der Waals surface area contributed by atoms with E-state index < -0.39 is 11.1 Å². The quantitative estimate of drug-likeness (QED) is 0.536. The number of rotatable bonds is 2. The van der Waals surface area contributed by atoms with Crippen molar-refractivity contribution in [1.82, 2.24) is 4.98 Å². The van der Waals surface area contributed by atoms with E-state index in [4.69, 9.17) is 9.29 Å². The molecule has 1 aromatic rings. The molecule has 0 spiro atoms. The molecular weight excluding hydrogens is 189 g/mol. The summed E-state index contributed by atoms with van der Waals surface area (Å²) in [5.74, 6) is 0.338. The molecule has 1 rings (SSSR count). The number of aromatic nitrogens is 1. The van der Waals surface area contributed by atoms with Crippen molar-refractivity contribution in [2.24, 2.45) is 0 Å². The van der Waals surface area contributed by atoms with Crippen LogP contribution < -0.4 is 4.74 Å². The van der Waals surface area contributed by atoms with Crippen LogP contribution in [0.2, 0.25) is 0 Å². The van der Waals surface area contributed by atoms with E-state index in [1.54, 1.807) is 12.1 Å². The molecule has 62 valence electrons. The van der Waals surface area contributed by atoms with Crippen molar-refractivity contribution < 1.29 is 13.5 Å². The van der Waals surface area contributed by atoms with Crippen LogP contribution in [0.25, 0.3) is 0 Å². The normalized spacial score (nSPS) is 11.5. The molecule has 0 aliphatic rings. The second kappa shape index (κ2) is 5.66. The first-order valence-electron chi connectivity index (χ1n) is 2.86. The van der Waals surface area contributed by atoms with Crippen LogP contribution in [0.3, 0.4) is 0 Å². The zero-order chi connectivity index (χ0) is 8.27. The van der Waals surface area contributed by atoms with Crippen molar-refractivity contribution >= 4 is 40.6 Å². The summed E-state index contributed by atoms with van der Waals surface area (Å²) in [7, 11) is 1.45. The Kier molecular flexibility index (Phi) is 5.69. The third kappa shape index (κ3) is 3.20. The number of nitrogens with zero attached hydrogens (tertiary/aromatic N) is 1. The zero-order valence-electron chi connectivity index (χ0n) is 5.85. The molecule has 0 aromatic carbocycles. The van der Waals surface area contributed by atoms with E-state index in [0.29, 0.717) is 5.88 Å². The van der Waals surface area contributed by atoms with Crippen molar-refractivity contribution in [3.05, 3.63) is 18.2 Å². The molecule has 0 fully saturated rings. The van der Waals surface area contributed by atoms with Gasteiger partial charge in [-0.05, 0) is 6.07 Å². The number of hydrogen-bond donors (Lipinski definition) is 1. The van der Waals surface area contributed by atoms with Gasteiger partial charge in [-0.2, -0.15) is 0 Å². The summed E-state index contributed by atoms with van der Waals surface area (Å²) < 4.78 is 23.8. The number of hydrogen-bond acceptors (Lipinski definition) is 3. The fraction of sp³-hybridized carbons (Fsp3) is 0.167. The molecule has 6 heteroatoms. The van der Waals surface area contributed by atoms with Gasteiger partial charge in [-0.3, -0.25) is 0 Å². The number of ether oxygens (including phenoxy) is 1. The average molecular weight is 197 g/mol. The second-order valence-corrected chi connectivity index (χ2v) is 2.68. The minimum absolute atomic E-state index is 0. The van der Waals surface area contributed by atoms with E-state index in [1.807, 2.05) is 0 Å². The van der Waals surface area contributed by atoms with Gasteiger partial charge in [0, 0.05) is 6.07 Å². The van der Waals surface area contributed by atoms with Gasteiger partial charge < -0.3 is 9.29 Å². The van der Waals surface area contributed by atoms with Gasteiger partial charge in [-0.15, -0.1) is 0 Å². The van der Waals surface area contributed by atoms with Crippen molar-refractivity contribution in [2.75, 3.05) is 7.11 Å². The van der Waals surface area contributed by atoms with Gasteiger partial charge >= 0.3 is 29.6 Å². The Morgan fingerprint density at radius 1 is 1.58 bits per heavy atom. The Bertz CT molecular complexity index is 281. The summed E-state index contributed by atoms with van der Waals surface area (Å²) >= 11 is -2.03. The van der Waals surface area contributed by atoms with Gasteiger partial charge in [-0.25, -0.2) is 9.19 Å². The molecule has 0 saturated carbocycles. The van der Waals surface area contributed by atoms with Crippen molar-refractivity contribution in [3.63, 3.8) is 0 Å². The Labute approximate surface area is 94.9 Å². The van der Waals surface area contributed by atoms with E-state index in [2.05, 4.69) is 4.98 Å². The molecule has 1 heterocycles. The summed E-state index contributed by atoms with van der Waals surface area (Å²) in [6.07, 6.45) is 0. The summed E-state index contributed by atoms with van der Waals surface area (Å²) in [6.45, 7) is 0. The molecule has 0 amide bonds. The van der Waals surface area contributed by atoms with Crippen molar-refractivity contribution in [3.8, 4) is 5.88 Å². The fourth-order valence-electron chi connectivity index (χ4n) is 0.607. The maximum atomic E-state index is 10.5. The molecule has 12 heavy (non-hydrogen) atoms. The zero-order valence-corrected chi connectivity index (χ0v) is 6.67. The molecule has 1 N–H and O–H groups in total. The maximum absolute atomic E-state index is 10.5. The Balaban J connectivity index is 0.00000121. The van der Waals surface area contributed by atoms with Crippen LogP contribution >= 0.6 is 0 Å². The first-order valence-corrected chi connectivity index (χ1v) is 3.96. The van der Waals surface area contributed by atoms with Crippen LogP contribution in [0.1, 0.15) is 0 Å². The van der Waals surface area contributed by atoms with E-state index in [9.17, 15) is 4.21 Å². The monoisotopic (exact) mass is 197 g/mol. The first-order chi connectivity index (χ1) is 5.24. The molecule has 0 saturated heterocycles. The molecule has 0 radical (unpaired) electrons. The molecule has 0 aliphatic heterocycles. The Hall–Kier alpha value is 0.0600. The van der Waals surface area contributed by atoms with Crippen LogP contribution in [-0.4, -0.2) is 50.4 Å². The van der Waals surface area contributed by atoms with Gasteiger partial charge in [0.25, 0.3) is 0 Å². The van der Waals surface area contributed by atoms with Gasteiger partial charge in [0.15, 0.2) is 5.03 Å². The van der Waals surface area contributed by atoms with Crippen molar-refractivity contribution in [1.29, 1.82) is 0 Å². The molecule has 0 aliphatic carbocycles. The molecule has 1 atom stereocenters. The Morgan fingerprint density at radius 3 is 2.75 bits per heavy atom. The molecule has 1 unspecified atom stereocenters. The fourth-order valence-corrected chi connectivity index (χ4v) is 0.970. The molecular formula is C6H8NNaO3S.